The van der Waals surface area contributed by atoms with E-state index in [1.807, 2.05) is 18.2 Å². The lowest BCUT2D eigenvalue weighted by atomic mass is 10.2. The van der Waals surface area contributed by atoms with Crippen molar-refractivity contribution < 1.29 is 9.47 Å². The highest BCUT2D eigenvalue weighted by Gasteiger charge is 2.09. The van der Waals surface area contributed by atoms with Crippen molar-refractivity contribution in [1.29, 1.82) is 0 Å². The monoisotopic (exact) mass is 237 g/mol. The quantitative estimate of drug-likeness (QED) is 0.881. The number of aromatic nitrogens is 2. The zero-order chi connectivity index (χ0) is 11.5. The number of methoxy groups -OCH3 is 2. The maximum absolute atomic E-state index is 5.53. The van der Waals surface area contributed by atoms with Crippen LogP contribution in [-0.4, -0.2) is 23.6 Å². The maximum Gasteiger partial charge on any atom is 0.200 e. The fourth-order valence-electron chi connectivity index (χ4n) is 1.33. The van der Waals surface area contributed by atoms with Gasteiger partial charge >= 0.3 is 0 Å². The summed E-state index contributed by atoms with van der Waals surface area (Å²) in [5.41, 5.74) is 6.38. The van der Waals surface area contributed by atoms with Gasteiger partial charge in [-0.2, -0.15) is 9.36 Å². The third kappa shape index (κ3) is 1.92. The number of nitrogen functional groups attached to an aromatic ring is 1. The van der Waals surface area contributed by atoms with Crippen LogP contribution in [-0.2, 0) is 0 Å². The van der Waals surface area contributed by atoms with Gasteiger partial charge < -0.3 is 15.2 Å². The molecule has 1 heterocycles. The Labute approximate surface area is 97.0 Å². The van der Waals surface area contributed by atoms with Crippen LogP contribution in [0.25, 0.3) is 11.4 Å². The molecule has 0 saturated heterocycles. The van der Waals surface area contributed by atoms with Crippen LogP contribution in [0.1, 0.15) is 0 Å². The van der Waals surface area contributed by atoms with Crippen LogP contribution in [0.15, 0.2) is 18.2 Å². The van der Waals surface area contributed by atoms with Gasteiger partial charge in [0.25, 0.3) is 0 Å². The molecule has 6 heteroatoms. The summed E-state index contributed by atoms with van der Waals surface area (Å²) in [7, 11) is 3.18. The molecule has 2 aromatic rings. The predicted molar refractivity (Wildman–Crippen MR) is 62.9 cm³/mol. The maximum atomic E-state index is 5.53. The number of nitrogens with two attached hydrogens (primary N) is 1. The number of rotatable bonds is 3. The van der Waals surface area contributed by atoms with Gasteiger partial charge in [-0.1, -0.05) is 0 Å². The number of hydrogen-bond acceptors (Lipinski definition) is 6. The van der Waals surface area contributed by atoms with Gasteiger partial charge in [-0.15, -0.1) is 0 Å². The number of anilines is 1. The second kappa shape index (κ2) is 4.36. The number of benzene rings is 1. The van der Waals surface area contributed by atoms with Crippen LogP contribution in [0.3, 0.4) is 0 Å². The van der Waals surface area contributed by atoms with Crippen LogP contribution < -0.4 is 15.2 Å². The van der Waals surface area contributed by atoms with E-state index in [4.69, 9.17) is 15.2 Å². The molecule has 0 unspecified atom stereocenters. The number of nitrogens with zero attached hydrogens (tertiary/aromatic N) is 2. The van der Waals surface area contributed by atoms with Crippen molar-refractivity contribution in [2.24, 2.45) is 0 Å². The highest BCUT2D eigenvalue weighted by Crippen LogP contribution is 2.31. The van der Waals surface area contributed by atoms with Crippen molar-refractivity contribution in [3.8, 4) is 22.9 Å². The highest BCUT2D eigenvalue weighted by atomic mass is 32.1. The lowest BCUT2D eigenvalue weighted by Gasteiger charge is -2.07. The summed E-state index contributed by atoms with van der Waals surface area (Å²) in [6.45, 7) is 0. The standard InChI is InChI=1S/C10H11N3O2S/c1-14-7-4-3-6(5-8(7)15-2)9-12-10(11)16-13-9/h3-5H,1-2H3,(H2,11,12,13). The Balaban J connectivity index is 2.43. The summed E-state index contributed by atoms with van der Waals surface area (Å²) < 4.78 is 14.5. The van der Waals surface area contributed by atoms with Gasteiger partial charge in [0.05, 0.1) is 14.2 Å². The molecular formula is C10H11N3O2S. The molecule has 0 amide bonds. The second-order valence-electron chi connectivity index (χ2n) is 3.03. The van der Waals surface area contributed by atoms with Crippen molar-refractivity contribution in [3.63, 3.8) is 0 Å². The largest absolute Gasteiger partial charge is 0.493 e. The fourth-order valence-corrected chi connectivity index (χ4v) is 1.78. The third-order valence-corrected chi connectivity index (χ3v) is 2.63. The van der Waals surface area contributed by atoms with Gasteiger partial charge in [-0.25, -0.2) is 0 Å². The summed E-state index contributed by atoms with van der Waals surface area (Å²) in [6, 6.07) is 5.49. The van der Waals surface area contributed by atoms with Crippen molar-refractivity contribution in [1.82, 2.24) is 9.36 Å². The van der Waals surface area contributed by atoms with E-state index >= 15 is 0 Å². The van der Waals surface area contributed by atoms with E-state index in [9.17, 15) is 0 Å². The van der Waals surface area contributed by atoms with Gasteiger partial charge in [0.1, 0.15) is 0 Å². The summed E-state index contributed by atoms with van der Waals surface area (Å²) >= 11 is 1.17. The molecule has 0 radical (unpaired) electrons. The lowest BCUT2D eigenvalue weighted by molar-refractivity contribution is 0.355. The zero-order valence-corrected chi connectivity index (χ0v) is 9.75. The summed E-state index contributed by atoms with van der Waals surface area (Å²) in [4.78, 5) is 4.10. The van der Waals surface area contributed by atoms with Crippen molar-refractivity contribution in [2.75, 3.05) is 20.0 Å². The molecule has 1 aromatic carbocycles. The van der Waals surface area contributed by atoms with Crippen molar-refractivity contribution in [3.05, 3.63) is 18.2 Å². The third-order valence-electron chi connectivity index (χ3n) is 2.08. The molecule has 2 rings (SSSR count). The normalized spacial score (nSPS) is 10.1. The Hall–Kier alpha value is -1.82. The number of hydrogen-bond donors (Lipinski definition) is 1. The first-order valence-corrected chi connectivity index (χ1v) is 5.33. The topological polar surface area (TPSA) is 70.3 Å². The Morgan fingerprint density at radius 1 is 1.19 bits per heavy atom. The summed E-state index contributed by atoms with van der Waals surface area (Å²) in [5.74, 6) is 1.92. The van der Waals surface area contributed by atoms with Crippen molar-refractivity contribution in [2.45, 2.75) is 0 Å². The summed E-state index contributed by atoms with van der Waals surface area (Å²) in [5, 5.41) is 0.449. The Morgan fingerprint density at radius 2 is 1.94 bits per heavy atom. The first-order chi connectivity index (χ1) is 7.74. The van der Waals surface area contributed by atoms with Gasteiger partial charge in [0.15, 0.2) is 22.5 Å². The molecule has 2 N–H and O–H groups in total. The molecule has 0 aliphatic heterocycles. The van der Waals surface area contributed by atoms with Crippen LogP contribution in [0.4, 0.5) is 5.13 Å². The molecule has 0 spiro atoms. The average Bonchev–Trinajstić information content (AvgIpc) is 2.75. The van der Waals surface area contributed by atoms with E-state index in [1.54, 1.807) is 14.2 Å². The molecular weight excluding hydrogens is 226 g/mol. The van der Waals surface area contributed by atoms with E-state index in [1.165, 1.54) is 11.5 Å². The summed E-state index contributed by atoms with van der Waals surface area (Å²) in [6.07, 6.45) is 0. The van der Waals surface area contributed by atoms with Gasteiger partial charge in [0.2, 0.25) is 0 Å². The highest BCUT2D eigenvalue weighted by molar-refractivity contribution is 7.09. The molecule has 0 aliphatic carbocycles. The van der Waals surface area contributed by atoms with Gasteiger partial charge in [-0.3, -0.25) is 0 Å². The molecule has 0 atom stereocenters. The molecule has 84 valence electrons. The Morgan fingerprint density at radius 3 is 2.50 bits per heavy atom. The molecule has 5 nitrogen and oxygen atoms in total. The SMILES string of the molecule is COc1ccc(-c2nsc(N)n2)cc1OC. The molecule has 0 bridgehead atoms. The Kier molecular flexibility index (Phi) is 2.91. The van der Waals surface area contributed by atoms with Gasteiger partial charge in [0, 0.05) is 17.1 Å². The lowest BCUT2D eigenvalue weighted by Crippen LogP contribution is -1.91. The molecule has 1 aromatic heterocycles. The van der Waals surface area contributed by atoms with E-state index < -0.39 is 0 Å². The Bertz CT molecular complexity index is 499. The fraction of sp³-hybridized carbons (Fsp3) is 0.200. The smallest absolute Gasteiger partial charge is 0.200 e. The molecule has 16 heavy (non-hydrogen) atoms. The first kappa shape index (κ1) is 10.7. The minimum atomic E-state index is 0.449. The van der Waals surface area contributed by atoms with E-state index in [0.717, 1.165) is 5.56 Å². The van der Waals surface area contributed by atoms with Crippen LogP contribution in [0.5, 0.6) is 11.5 Å². The van der Waals surface area contributed by atoms with Gasteiger partial charge in [-0.05, 0) is 18.2 Å². The minimum absolute atomic E-state index is 0.449. The van der Waals surface area contributed by atoms with Crippen LogP contribution in [0, 0.1) is 0 Å². The van der Waals surface area contributed by atoms with E-state index in [2.05, 4.69) is 9.36 Å². The molecule has 0 saturated carbocycles. The average molecular weight is 237 g/mol. The van der Waals surface area contributed by atoms with Crippen molar-refractivity contribution >= 4 is 16.7 Å². The zero-order valence-electron chi connectivity index (χ0n) is 8.93. The predicted octanol–water partition coefficient (Wildman–Crippen LogP) is 1.80. The molecule has 0 fully saturated rings. The molecule has 0 aliphatic rings. The van der Waals surface area contributed by atoms with E-state index in [0.29, 0.717) is 22.5 Å². The second-order valence-corrected chi connectivity index (χ2v) is 3.81. The minimum Gasteiger partial charge on any atom is -0.493 e. The first-order valence-electron chi connectivity index (χ1n) is 4.56. The van der Waals surface area contributed by atoms with Crippen LogP contribution >= 0.6 is 11.5 Å². The van der Waals surface area contributed by atoms with Crippen LogP contribution in [0.2, 0.25) is 0 Å². The number of ether oxygens (including phenoxy) is 2. The van der Waals surface area contributed by atoms with E-state index in [-0.39, 0.29) is 0 Å².